The lowest BCUT2D eigenvalue weighted by atomic mass is 10.0. The molecule has 110 valence electrons. The molecule has 0 rings (SSSR count). The minimum atomic E-state index is -0.510. The summed E-state index contributed by atoms with van der Waals surface area (Å²) < 4.78 is 0. The zero-order valence-corrected chi connectivity index (χ0v) is 12.5. The van der Waals surface area contributed by atoms with Gasteiger partial charge in [-0.3, -0.25) is 0 Å². The predicted octanol–water partition coefficient (Wildman–Crippen LogP) is 4.43. The van der Waals surface area contributed by atoms with E-state index in [4.69, 9.17) is 0 Å². The molecule has 0 aliphatic carbocycles. The van der Waals surface area contributed by atoms with Crippen LogP contribution in [0.25, 0.3) is 0 Å². The number of rotatable bonds is 13. The van der Waals surface area contributed by atoms with E-state index < -0.39 is 12.2 Å². The third kappa shape index (κ3) is 11.0. The Labute approximate surface area is 114 Å². The molecule has 0 aliphatic heterocycles. The van der Waals surface area contributed by atoms with Crippen molar-refractivity contribution >= 4 is 0 Å². The fourth-order valence-corrected chi connectivity index (χ4v) is 2.34. The Bertz CT molecular complexity index is 159. The van der Waals surface area contributed by atoms with Crippen LogP contribution in [0.15, 0.2) is 0 Å². The number of unbranched alkanes of at least 4 members (excludes halogenated alkanes) is 8. The second-order valence-corrected chi connectivity index (χ2v) is 5.54. The van der Waals surface area contributed by atoms with Crippen LogP contribution >= 0.6 is 0 Å². The van der Waals surface area contributed by atoms with Gasteiger partial charge in [0.15, 0.2) is 0 Å². The summed E-state index contributed by atoms with van der Waals surface area (Å²) in [6.45, 7) is 4.28. The first kappa shape index (κ1) is 17.9. The van der Waals surface area contributed by atoms with E-state index in [-0.39, 0.29) is 0 Å². The quantitative estimate of drug-likeness (QED) is 0.480. The maximum absolute atomic E-state index is 9.70. The smallest absolute Gasteiger partial charge is 0.0799 e. The van der Waals surface area contributed by atoms with Gasteiger partial charge in [0.25, 0.3) is 0 Å². The van der Waals surface area contributed by atoms with Crippen LogP contribution in [0.5, 0.6) is 0 Å². The molecule has 0 amide bonds. The van der Waals surface area contributed by atoms with Crippen molar-refractivity contribution in [3.05, 3.63) is 0 Å². The number of hydrogen-bond donors (Lipinski definition) is 2. The largest absolute Gasteiger partial charge is 0.390 e. The first-order chi connectivity index (χ1) is 8.72. The Hall–Kier alpha value is -0.0800. The van der Waals surface area contributed by atoms with E-state index in [1.165, 1.54) is 51.4 Å². The zero-order valence-electron chi connectivity index (χ0n) is 12.5. The summed E-state index contributed by atoms with van der Waals surface area (Å²) in [5, 5.41) is 19.3. The third-order valence-electron chi connectivity index (χ3n) is 3.63. The van der Waals surface area contributed by atoms with Crippen LogP contribution in [0.1, 0.15) is 90.9 Å². The summed E-state index contributed by atoms with van der Waals surface area (Å²) in [6.07, 6.45) is 13.1. The van der Waals surface area contributed by atoms with Gasteiger partial charge in [-0.15, -0.1) is 0 Å². The van der Waals surface area contributed by atoms with Crippen molar-refractivity contribution in [2.24, 2.45) is 0 Å². The third-order valence-corrected chi connectivity index (χ3v) is 3.63. The predicted molar refractivity (Wildman–Crippen MR) is 78.8 cm³/mol. The topological polar surface area (TPSA) is 40.5 Å². The van der Waals surface area contributed by atoms with Gasteiger partial charge in [-0.25, -0.2) is 0 Å². The summed E-state index contributed by atoms with van der Waals surface area (Å²) in [5.41, 5.74) is 0. The maximum Gasteiger partial charge on any atom is 0.0799 e. The van der Waals surface area contributed by atoms with Crippen molar-refractivity contribution in [3.63, 3.8) is 0 Å². The van der Waals surface area contributed by atoms with Gasteiger partial charge in [-0.1, -0.05) is 78.1 Å². The minimum Gasteiger partial charge on any atom is -0.390 e. The second-order valence-electron chi connectivity index (χ2n) is 5.54. The summed E-state index contributed by atoms with van der Waals surface area (Å²) in [7, 11) is 0. The molecule has 0 saturated heterocycles. The van der Waals surface area contributed by atoms with Gasteiger partial charge < -0.3 is 10.2 Å². The molecule has 0 aromatic heterocycles. The lowest BCUT2D eigenvalue weighted by molar-refractivity contribution is 0.00816. The van der Waals surface area contributed by atoms with Crippen LogP contribution in [0, 0.1) is 0 Å². The molecule has 2 heteroatoms. The summed E-state index contributed by atoms with van der Waals surface area (Å²) in [6, 6.07) is 0. The second kappa shape index (κ2) is 13.4. The van der Waals surface area contributed by atoms with Crippen LogP contribution in [-0.4, -0.2) is 22.4 Å². The van der Waals surface area contributed by atoms with Gasteiger partial charge in [-0.2, -0.15) is 0 Å². The van der Waals surface area contributed by atoms with Crippen LogP contribution in [-0.2, 0) is 0 Å². The van der Waals surface area contributed by atoms with Crippen molar-refractivity contribution in [1.29, 1.82) is 0 Å². The fourth-order valence-electron chi connectivity index (χ4n) is 2.34. The standard InChI is InChI=1S/C16H34O2/c1-3-5-6-7-8-9-10-11-12-14-16(18)15(17)13-4-2/h15-18H,3-14H2,1-2H3. The van der Waals surface area contributed by atoms with E-state index in [9.17, 15) is 10.2 Å². The van der Waals surface area contributed by atoms with Crippen LogP contribution in [0.4, 0.5) is 0 Å². The lowest BCUT2D eigenvalue weighted by Gasteiger charge is -2.16. The molecular formula is C16H34O2. The normalized spacial score (nSPS) is 14.7. The van der Waals surface area contributed by atoms with Crippen molar-refractivity contribution in [2.45, 2.75) is 103 Å². The molecule has 0 aromatic carbocycles. The maximum atomic E-state index is 9.70. The van der Waals surface area contributed by atoms with Gasteiger partial charge in [0.2, 0.25) is 0 Å². The van der Waals surface area contributed by atoms with Crippen LogP contribution in [0.2, 0.25) is 0 Å². The molecule has 0 bridgehead atoms. The Kier molecular flexibility index (Phi) is 13.3. The summed E-state index contributed by atoms with van der Waals surface area (Å²) >= 11 is 0. The number of aliphatic hydroxyl groups is 2. The monoisotopic (exact) mass is 258 g/mol. The van der Waals surface area contributed by atoms with E-state index in [0.29, 0.717) is 0 Å². The van der Waals surface area contributed by atoms with Gasteiger partial charge in [-0.05, 0) is 12.8 Å². The Morgan fingerprint density at radius 1 is 0.556 bits per heavy atom. The highest BCUT2D eigenvalue weighted by atomic mass is 16.3. The van der Waals surface area contributed by atoms with Crippen molar-refractivity contribution < 1.29 is 10.2 Å². The molecule has 0 spiro atoms. The van der Waals surface area contributed by atoms with Crippen LogP contribution in [0.3, 0.4) is 0 Å². The van der Waals surface area contributed by atoms with E-state index in [2.05, 4.69) is 6.92 Å². The summed E-state index contributed by atoms with van der Waals surface area (Å²) in [4.78, 5) is 0. The average Bonchev–Trinajstić information content (AvgIpc) is 2.36. The highest BCUT2D eigenvalue weighted by Crippen LogP contribution is 2.13. The van der Waals surface area contributed by atoms with Gasteiger partial charge in [0.1, 0.15) is 0 Å². The molecular weight excluding hydrogens is 224 g/mol. The minimum absolute atomic E-state index is 0.505. The highest BCUT2D eigenvalue weighted by molar-refractivity contribution is 4.66. The molecule has 18 heavy (non-hydrogen) atoms. The molecule has 2 nitrogen and oxygen atoms in total. The van der Waals surface area contributed by atoms with E-state index >= 15 is 0 Å². The molecule has 0 aliphatic rings. The fraction of sp³-hybridized carbons (Fsp3) is 1.00. The number of aliphatic hydroxyl groups excluding tert-OH is 2. The zero-order chi connectivity index (χ0) is 13.6. The molecule has 2 atom stereocenters. The Balaban J connectivity index is 3.19. The van der Waals surface area contributed by atoms with Crippen molar-refractivity contribution in [3.8, 4) is 0 Å². The Morgan fingerprint density at radius 2 is 1.00 bits per heavy atom. The molecule has 2 N–H and O–H groups in total. The van der Waals surface area contributed by atoms with E-state index in [1.54, 1.807) is 0 Å². The molecule has 0 saturated carbocycles. The van der Waals surface area contributed by atoms with E-state index in [1.807, 2.05) is 6.92 Å². The first-order valence-corrected chi connectivity index (χ1v) is 8.08. The number of hydrogen-bond acceptors (Lipinski definition) is 2. The first-order valence-electron chi connectivity index (χ1n) is 8.08. The lowest BCUT2D eigenvalue weighted by Crippen LogP contribution is -2.25. The molecule has 0 heterocycles. The van der Waals surface area contributed by atoms with Crippen molar-refractivity contribution in [2.75, 3.05) is 0 Å². The van der Waals surface area contributed by atoms with Gasteiger partial charge in [0.05, 0.1) is 12.2 Å². The molecule has 0 radical (unpaired) electrons. The molecule has 2 unspecified atom stereocenters. The molecule has 0 aromatic rings. The van der Waals surface area contributed by atoms with Crippen molar-refractivity contribution in [1.82, 2.24) is 0 Å². The van der Waals surface area contributed by atoms with Crippen LogP contribution < -0.4 is 0 Å². The highest BCUT2D eigenvalue weighted by Gasteiger charge is 2.14. The van der Waals surface area contributed by atoms with E-state index in [0.717, 1.165) is 25.7 Å². The molecule has 0 fully saturated rings. The summed E-state index contributed by atoms with van der Waals surface area (Å²) in [5.74, 6) is 0. The Morgan fingerprint density at radius 3 is 1.50 bits per heavy atom. The average molecular weight is 258 g/mol. The van der Waals surface area contributed by atoms with Gasteiger partial charge in [0, 0.05) is 0 Å². The SMILES string of the molecule is CCCCCCCCCCCC(O)C(O)CCC. The van der Waals surface area contributed by atoms with Gasteiger partial charge >= 0.3 is 0 Å².